The molecule has 2 aliphatic heterocycles. The minimum absolute atomic E-state index is 0.127. The van der Waals surface area contributed by atoms with Gasteiger partial charge in [0, 0.05) is 25.7 Å². The molecule has 2 fully saturated rings. The molecule has 1 atom stereocenters. The van der Waals surface area contributed by atoms with Gasteiger partial charge in [0.25, 0.3) is 0 Å². The van der Waals surface area contributed by atoms with Gasteiger partial charge in [0.2, 0.25) is 0 Å². The number of piperidine rings is 1. The van der Waals surface area contributed by atoms with Gasteiger partial charge in [-0.2, -0.15) is 0 Å². The van der Waals surface area contributed by atoms with Crippen LogP contribution in [0.25, 0.3) is 0 Å². The number of rotatable bonds is 2. The molecular weight excluding hydrogens is 262 g/mol. The average Bonchev–Trinajstić information content (AvgIpc) is 2.93. The van der Waals surface area contributed by atoms with E-state index in [9.17, 15) is 4.79 Å². The maximum atomic E-state index is 12.3. The zero-order valence-corrected chi connectivity index (χ0v) is 12.8. The lowest BCUT2D eigenvalue weighted by Gasteiger charge is -2.33. The van der Waals surface area contributed by atoms with Gasteiger partial charge in [0.15, 0.2) is 0 Å². The SMILES string of the molecule is CN1CC[C@H](NC(=O)N2CCC(c3ccccc3)CC2)C1. The van der Waals surface area contributed by atoms with Gasteiger partial charge in [0.05, 0.1) is 0 Å². The van der Waals surface area contributed by atoms with Crippen LogP contribution in [-0.2, 0) is 0 Å². The summed E-state index contributed by atoms with van der Waals surface area (Å²) in [4.78, 5) is 16.6. The first-order valence-corrected chi connectivity index (χ1v) is 8.01. The van der Waals surface area contributed by atoms with Crippen molar-refractivity contribution in [2.75, 3.05) is 33.2 Å². The van der Waals surface area contributed by atoms with E-state index in [1.165, 1.54) is 5.56 Å². The highest BCUT2D eigenvalue weighted by atomic mass is 16.2. The molecule has 2 heterocycles. The molecule has 0 aromatic heterocycles. The summed E-state index contributed by atoms with van der Waals surface area (Å²) in [6.07, 6.45) is 3.22. The number of benzene rings is 1. The summed E-state index contributed by atoms with van der Waals surface area (Å²) in [6, 6.07) is 11.1. The van der Waals surface area contributed by atoms with E-state index in [2.05, 4.69) is 47.6 Å². The Morgan fingerprint density at radius 2 is 1.81 bits per heavy atom. The Kier molecular flexibility index (Phi) is 4.44. The molecule has 4 nitrogen and oxygen atoms in total. The number of amides is 2. The van der Waals surface area contributed by atoms with Crippen LogP contribution in [0.1, 0.15) is 30.7 Å². The third kappa shape index (κ3) is 3.56. The topological polar surface area (TPSA) is 35.6 Å². The summed E-state index contributed by atoms with van der Waals surface area (Å²) in [6.45, 7) is 3.80. The fraction of sp³-hybridized carbons (Fsp3) is 0.588. The maximum Gasteiger partial charge on any atom is 0.317 e. The van der Waals surface area contributed by atoms with Crippen molar-refractivity contribution in [3.8, 4) is 0 Å². The van der Waals surface area contributed by atoms with Crippen molar-refractivity contribution in [2.24, 2.45) is 0 Å². The Labute approximate surface area is 127 Å². The van der Waals surface area contributed by atoms with Crippen LogP contribution in [0.2, 0.25) is 0 Å². The van der Waals surface area contributed by atoms with Crippen LogP contribution in [0, 0.1) is 0 Å². The summed E-state index contributed by atoms with van der Waals surface area (Å²) in [5.74, 6) is 0.605. The van der Waals surface area contributed by atoms with Crippen LogP contribution in [0.3, 0.4) is 0 Å². The predicted molar refractivity (Wildman–Crippen MR) is 84.4 cm³/mol. The molecule has 21 heavy (non-hydrogen) atoms. The largest absolute Gasteiger partial charge is 0.334 e. The maximum absolute atomic E-state index is 12.3. The molecule has 0 unspecified atom stereocenters. The average molecular weight is 287 g/mol. The Bertz CT molecular complexity index is 468. The number of likely N-dealkylation sites (N-methyl/N-ethyl adjacent to an activating group) is 1. The van der Waals surface area contributed by atoms with Gasteiger partial charge in [-0.15, -0.1) is 0 Å². The van der Waals surface area contributed by atoms with Crippen LogP contribution in [0.5, 0.6) is 0 Å². The second-order valence-electron chi connectivity index (χ2n) is 6.37. The van der Waals surface area contributed by atoms with E-state index < -0.39 is 0 Å². The quantitative estimate of drug-likeness (QED) is 0.906. The predicted octanol–water partition coefficient (Wildman–Crippen LogP) is 2.28. The van der Waals surface area contributed by atoms with E-state index in [-0.39, 0.29) is 6.03 Å². The lowest BCUT2D eigenvalue weighted by Crippen LogP contribution is -2.48. The van der Waals surface area contributed by atoms with Crippen LogP contribution in [-0.4, -0.2) is 55.1 Å². The summed E-state index contributed by atoms with van der Waals surface area (Å²) in [7, 11) is 2.11. The van der Waals surface area contributed by atoms with Crippen LogP contribution >= 0.6 is 0 Å². The van der Waals surface area contributed by atoms with Gasteiger partial charge in [0.1, 0.15) is 0 Å². The second-order valence-corrected chi connectivity index (χ2v) is 6.37. The number of carbonyl (C=O) groups excluding carboxylic acids is 1. The first-order chi connectivity index (χ1) is 10.2. The molecule has 0 saturated carbocycles. The molecule has 0 radical (unpaired) electrons. The molecule has 0 aliphatic carbocycles. The third-order valence-corrected chi connectivity index (χ3v) is 4.77. The first kappa shape index (κ1) is 14.4. The lowest BCUT2D eigenvalue weighted by molar-refractivity contribution is 0.177. The van der Waals surface area contributed by atoms with Crippen molar-refractivity contribution in [1.29, 1.82) is 0 Å². The second kappa shape index (κ2) is 6.48. The van der Waals surface area contributed by atoms with E-state index in [1.807, 2.05) is 4.90 Å². The molecule has 0 spiro atoms. The van der Waals surface area contributed by atoms with Crippen molar-refractivity contribution in [3.05, 3.63) is 35.9 Å². The van der Waals surface area contributed by atoms with E-state index >= 15 is 0 Å². The standard InChI is InChI=1S/C17H25N3O/c1-19-10-9-16(13-19)18-17(21)20-11-7-15(8-12-20)14-5-3-2-4-6-14/h2-6,15-16H,7-13H2,1H3,(H,18,21)/t16-/m0/s1. The highest BCUT2D eigenvalue weighted by molar-refractivity contribution is 5.74. The van der Waals surface area contributed by atoms with E-state index in [1.54, 1.807) is 0 Å². The zero-order valence-electron chi connectivity index (χ0n) is 12.8. The summed E-state index contributed by atoms with van der Waals surface area (Å²) >= 11 is 0. The molecule has 114 valence electrons. The number of hydrogen-bond donors (Lipinski definition) is 1. The molecule has 1 aromatic rings. The normalized spacial score (nSPS) is 24.2. The van der Waals surface area contributed by atoms with Crippen molar-refractivity contribution >= 4 is 6.03 Å². The summed E-state index contributed by atoms with van der Waals surface area (Å²) < 4.78 is 0. The molecule has 1 N–H and O–H groups in total. The van der Waals surface area contributed by atoms with Gasteiger partial charge >= 0.3 is 6.03 Å². The number of nitrogens with one attached hydrogen (secondary N) is 1. The van der Waals surface area contributed by atoms with Crippen molar-refractivity contribution in [2.45, 2.75) is 31.2 Å². The van der Waals surface area contributed by atoms with E-state index in [0.29, 0.717) is 12.0 Å². The van der Waals surface area contributed by atoms with Crippen LogP contribution in [0.4, 0.5) is 4.79 Å². The molecule has 4 heteroatoms. The van der Waals surface area contributed by atoms with Gasteiger partial charge in [-0.05, 0) is 44.3 Å². The van der Waals surface area contributed by atoms with Crippen LogP contribution in [0.15, 0.2) is 30.3 Å². The Morgan fingerprint density at radius 1 is 1.10 bits per heavy atom. The van der Waals surface area contributed by atoms with Crippen molar-refractivity contribution in [1.82, 2.24) is 15.1 Å². The zero-order chi connectivity index (χ0) is 14.7. The number of carbonyl (C=O) groups is 1. The molecule has 1 aromatic carbocycles. The first-order valence-electron chi connectivity index (χ1n) is 8.01. The number of urea groups is 1. The minimum atomic E-state index is 0.127. The molecule has 2 aliphatic rings. The monoisotopic (exact) mass is 287 g/mol. The van der Waals surface area contributed by atoms with Gasteiger partial charge < -0.3 is 15.1 Å². The van der Waals surface area contributed by atoms with Crippen molar-refractivity contribution < 1.29 is 4.79 Å². The van der Waals surface area contributed by atoms with Crippen LogP contribution < -0.4 is 5.32 Å². The lowest BCUT2D eigenvalue weighted by atomic mass is 9.90. The molecule has 0 bridgehead atoms. The van der Waals surface area contributed by atoms with Gasteiger partial charge in [-0.25, -0.2) is 4.79 Å². The summed E-state index contributed by atoms with van der Waals surface area (Å²) in [5.41, 5.74) is 1.41. The molecule has 2 saturated heterocycles. The minimum Gasteiger partial charge on any atom is -0.334 e. The van der Waals surface area contributed by atoms with Crippen molar-refractivity contribution in [3.63, 3.8) is 0 Å². The fourth-order valence-electron chi connectivity index (χ4n) is 3.46. The van der Waals surface area contributed by atoms with Gasteiger partial charge in [-0.3, -0.25) is 0 Å². The highest BCUT2D eigenvalue weighted by Gasteiger charge is 2.27. The highest BCUT2D eigenvalue weighted by Crippen LogP contribution is 2.27. The molecule has 3 rings (SSSR count). The smallest absolute Gasteiger partial charge is 0.317 e. The van der Waals surface area contributed by atoms with E-state index in [4.69, 9.17) is 0 Å². The van der Waals surface area contributed by atoms with Gasteiger partial charge in [-0.1, -0.05) is 30.3 Å². The molecular formula is C17H25N3O. The van der Waals surface area contributed by atoms with E-state index in [0.717, 1.165) is 45.4 Å². The number of nitrogens with zero attached hydrogens (tertiary/aromatic N) is 2. The number of hydrogen-bond acceptors (Lipinski definition) is 2. The third-order valence-electron chi connectivity index (χ3n) is 4.77. The molecule has 2 amide bonds. The Morgan fingerprint density at radius 3 is 2.43 bits per heavy atom. The fourth-order valence-corrected chi connectivity index (χ4v) is 3.46. The summed E-state index contributed by atoms with van der Waals surface area (Å²) in [5, 5.41) is 3.18. The number of likely N-dealkylation sites (tertiary alicyclic amines) is 2. The Balaban J connectivity index is 1.48. The Hall–Kier alpha value is -1.55.